The van der Waals surface area contributed by atoms with E-state index in [1.165, 1.54) is 12.1 Å². The molecule has 0 aromatic heterocycles. The van der Waals surface area contributed by atoms with Gasteiger partial charge in [-0.1, -0.05) is 12.5 Å². The summed E-state index contributed by atoms with van der Waals surface area (Å²) >= 11 is 0. The van der Waals surface area contributed by atoms with E-state index in [1.54, 1.807) is 6.07 Å². The van der Waals surface area contributed by atoms with Crippen LogP contribution in [0, 0.1) is 0 Å². The zero-order chi connectivity index (χ0) is 15.5. The van der Waals surface area contributed by atoms with Crippen LogP contribution in [-0.2, 0) is 16.4 Å². The minimum atomic E-state index is -3.66. The second-order valence-electron chi connectivity index (χ2n) is 6.27. The predicted molar refractivity (Wildman–Crippen MR) is 75.3 cm³/mol. The first-order valence-electron chi connectivity index (χ1n) is 7.38. The van der Waals surface area contributed by atoms with Gasteiger partial charge in [0.25, 0.3) is 0 Å². The van der Waals surface area contributed by atoms with Crippen molar-refractivity contribution in [3.05, 3.63) is 23.8 Å². The minimum Gasteiger partial charge on any atom is -0.395 e. The summed E-state index contributed by atoms with van der Waals surface area (Å²) in [5.41, 5.74) is -0.610. The van der Waals surface area contributed by atoms with Crippen LogP contribution in [0.15, 0.2) is 18.2 Å². The molecule has 2 fully saturated rings. The maximum Gasteiger partial charge on any atom is 0.586 e. The lowest BCUT2D eigenvalue weighted by Crippen LogP contribution is -2.47. The Balaban J connectivity index is 1.66. The Morgan fingerprint density at radius 2 is 1.77 bits per heavy atom. The van der Waals surface area contributed by atoms with E-state index in [9.17, 15) is 18.1 Å². The van der Waals surface area contributed by atoms with Crippen molar-refractivity contribution >= 4 is 10.8 Å². The molecule has 120 valence electrons. The van der Waals surface area contributed by atoms with Gasteiger partial charge in [0.2, 0.25) is 0 Å². The van der Waals surface area contributed by atoms with Gasteiger partial charge in [-0.15, -0.1) is 8.78 Å². The van der Waals surface area contributed by atoms with Gasteiger partial charge in [0.1, 0.15) is 0 Å². The maximum atomic E-state index is 13.1. The van der Waals surface area contributed by atoms with Crippen molar-refractivity contribution in [1.29, 1.82) is 0 Å². The second kappa shape index (κ2) is 4.64. The number of hydrogen-bond donors (Lipinski definition) is 1. The summed E-state index contributed by atoms with van der Waals surface area (Å²) in [7, 11) is -0.904. The lowest BCUT2D eigenvalue weighted by Gasteiger charge is -2.43. The summed E-state index contributed by atoms with van der Waals surface area (Å²) < 4.78 is 47.3. The molecule has 0 saturated carbocycles. The molecular weight excluding hydrogens is 314 g/mol. The first-order valence-corrected chi connectivity index (χ1v) is 8.66. The molecule has 1 N–H and O–H groups in total. The number of rotatable bonds is 1. The van der Waals surface area contributed by atoms with E-state index < -0.39 is 22.7 Å². The van der Waals surface area contributed by atoms with E-state index in [0.717, 1.165) is 19.3 Å². The van der Waals surface area contributed by atoms with Crippen LogP contribution in [0.25, 0.3) is 0 Å². The fourth-order valence-corrected chi connectivity index (χ4v) is 5.98. The molecule has 4 nitrogen and oxygen atoms in total. The Labute approximate surface area is 128 Å². The van der Waals surface area contributed by atoms with Crippen molar-refractivity contribution in [3.8, 4) is 11.5 Å². The molecular formula is C15H16F2O4S. The van der Waals surface area contributed by atoms with Gasteiger partial charge in [-0.25, -0.2) is 0 Å². The highest BCUT2D eigenvalue weighted by Gasteiger charge is 2.48. The van der Waals surface area contributed by atoms with Crippen molar-refractivity contribution < 1.29 is 27.6 Å². The number of hydrogen-bond acceptors (Lipinski definition) is 4. The lowest BCUT2D eigenvalue weighted by atomic mass is 9.80. The summed E-state index contributed by atoms with van der Waals surface area (Å²) in [5, 5.41) is 11.0. The number of aliphatic hydroxyl groups is 1. The molecule has 7 heteroatoms. The molecule has 1 aromatic carbocycles. The van der Waals surface area contributed by atoms with E-state index in [1.807, 2.05) is 0 Å². The summed E-state index contributed by atoms with van der Waals surface area (Å²) in [5.74, 6) is -0.0929. The van der Waals surface area contributed by atoms with E-state index in [-0.39, 0.29) is 22.0 Å². The number of ether oxygens (including phenoxy) is 2. The summed E-state index contributed by atoms with van der Waals surface area (Å²) in [6, 6.07) is 4.40. The third-order valence-corrected chi connectivity index (χ3v) is 6.90. The van der Waals surface area contributed by atoms with Crippen molar-refractivity contribution in [2.45, 2.75) is 54.5 Å². The first kappa shape index (κ1) is 14.4. The Morgan fingerprint density at radius 1 is 1.14 bits per heavy atom. The van der Waals surface area contributed by atoms with Gasteiger partial charge < -0.3 is 14.6 Å². The Morgan fingerprint density at radius 3 is 2.45 bits per heavy atom. The first-order chi connectivity index (χ1) is 10.4. The zero-order valence-corrected chi connectivity index (χ0v) is 12.6. The van der Waals surface area contributed by atoms with Crippen LogP contribution in [0.3, 0.4) is 0 Å². The van der Waals surface area contributed by atoms with Crippen LogP contribution >= 0.6 is 0 Å². The second-order valence-corrected chi connectivity index (χ2v) is 8.26. The number of fused-ring (bicyclic) bond motifs is 3. The molecule has 0 aliphatic carbocycles. The highest BCUT2D eigenvalue weighted by Crippen LogP contribution is 2.48. The fourth-order valence-electron chi connectivity index (χ4n) is 3.76. The van der Waals surface area contributed by atoms with Crippen LogP contribution in [-0.4, -0.2) is 26.1 Å². The van der Waals surface area contributed by atoms with Gasteiger partial charge in [0.05, 0.1) is 5.60 Å². The molecule has 2 atom stereocenters. The monoisotopic (exact) mass is 330 g/mol. The highest BCUT2D eigenvalue weighted by molar-refractivity contribution is 7.86. The van der Waals surface area contributed by atoms with Crippen LogP contribution in [0.2, 0.25) is 0 Å². The largest absolute Gasteiger partial charge is 0.586 e. The standard InChI is InChI=1S/C15H16F2O4S/c16-15(17)20-12-5-4-9(6-13(12)21-15)14(18)7-10-2-1-3-11(8-14)22(10)19/h4-6,10-11,18H,1-3,7-8H2. The normalized spacial score (nSPS) is 38.8. The van der Waals surface area contributed by atoms with Crippen molar-refractivity contribution in [2.75, 3.05) is 0 Å². The van der Waals surface area contributed by atoms with Gasteiger partial charge >= 0.3 is 6.29 Å². The molecule has 0 radical (unpaired) electrons. The molecule has 1 aromatic rings. The zero-order valence-electron chi connectivity index (χ0n) is 11.8. The van der Waals surface area contributed by atoms with Gasteiger partial charge in [-0.2, -0.15) is 0 Å². The molecule has 3 aliphatic rings. The van der Waals surface area contributed by atoms with Crippen LogP contribution in [0.5, 0.6) is 11.5 Å². The summed E-state index contributed by atoms with van der Waals surface area (Å²) in [6.07, 6.45) is -0.154. The molecule has 0 amide bonds. The highest BCUT2D eigenvalue weighted by atomic mass is 32.2. The van der Waals surface area contributed by atoms with Gasteiger partial charge in [0.15, 0.2) is 11.5 Å². The topological polar surface area (TPSA) is 55.8 Å². The Hall–Kier alpha value is -1.21. The number of alkyl halides is 2. The molecule has 2 saturated heterocycles. The molecule has 0 spiro atoms. The average Bonchev–Trinajstić information content (AvgIpc) is 2.73. The fraction of sp³-hybridized carbons (Fsp3) is 0.600. The maximum absolute atomic E-state index is 13.1. The third kappa shape index (κ3) is 2.22. The predicted octanol–water partition coefficient (Wildman–Crippen LogP) is 2.66. The summed E-state index contributed by atoms with van der Waals surface area (Å²) in [4.78, 5) is 0. The molecule has 2 bridgehead atoms. The SMILES string of the molecule is O=S1C2CCCC1CC(O)(c1ccc3c(c1)OC(F)(F)O3)C2. The number of benzene rings is 1. The van der Waals surface area contributed by atoms with Crippen molar-refractivity contribution in [3.63, 3.8) is 0 Å². The van der Waals surface area contributed by atoms with E-state index in [0.29, 0.717) is 18.4 Å². The van der Waals surface area contributed by atoms with Crippen LogP contribution in [0.1, 0.15) is 37.7 Å². The van der Waals surface area contributed by atoms with Crippen LogP contribution < -0.4 is 9.47 Å². The van der Waals surface area contributed by atoms with Crippen molar-refractivity contribution in [1.82, 2.24) is 0 Å². The van der Waals surface area contributed by atoms with Gasteiger partial charge in [0, 0.05) is 21.3 Å². The average molecular weight is 330 g/mol. The quantitative estimate of drug-likeness (QED) is 0.860. The van der Waals surface area contributed by atoms with Gasteiger partial charge in [-0.05, 0) is 43.4 Å². The van der Waals surface area contributed by atoms with E-state index >= 15 is 0 Å². The molecule has 2 unspecified atom stereocenters. The van der Waals surface area contributed by atoms with Crippen molar-refractivity contribution in [2.24, 2.45) is 0 Å². The number of halogens is 2. The molecule has 4 rings (SSSR count). The smallest absolute Gasteiger partial charge is 0.395 e. The third-order valence-electron chi connectivity index (χ3n) is 4.78. The van der Waals surface area contributed by atoms with E-state index in [2.05, 4.69) is 9.47 Å². The molecule has 22 heavy (non-hydrogen) atoms. The Kier molecular flexibility index (Phi) is 3.04. The van der Waals surface area contributed by atoms with Crippen LogP contribution in [0.4, 0.5) is 8.78 Å². The molecule has 3 heterocycles. The summed E-state index contributed by atoms with van der Waals surface area (Å²) in [6.45, 7) is 0. The molecule has 3 aliphatic heterocycles. The minimum absolute atomic E-state index is 0.0237. The van der Waals surface area contributed by atoms with E-state index in [4.69, 9.17) is 0 Å². The van der Waals surface area contributed by atoms with Gasteiger partial charge in [-0.3, -0.25) is 4.21 Å². The Bertz CT molecular complexity index is 632. The lowest BCUT2D eigenvalue weighted by molar-refractivity contribution is -0.286.